The Bertz CT molecular complexity index is 422. The molecule has 3 atom stereocenters. The summed E-state index contributed by atoms with van der Waals surface area (Å²) < 4.78 is 0. The number of piperidine rings is 1. The molecule has 3 rings (SSSR count). The summed E-state index contributed by atoms with van der Waals surface area (Å²) >= 11 is 0. The van der Waals surface area contributed by atoms with Gasteiger partial charge in [0.05, 0.1) is 6.10 Å². The van der Waals surface area contributed by atoms with Crippen LogP contribution in [-0.4, -0.2) is 29.6 Å². The van der Waals surface area contributed by atoms with Crippen molar-refractivity contribution in [1.29, 1.82) is 0 Å². The van der Waals surface area contributed by atoms with E-state index < -0.39 is 0 Å². The second kappa shape index (κ2) is 4.27. The number of nitrogens with zero attached hydrogens (tertiary/aromatic N) is 1. The predicted octanol–water partition coefficient (Wildman–Crippen LogP) is 2.51. The Morgan fingerprint density at radius 1 is 1.35 bits per heavy atom. The summed E-state index contributed by atoms with van der Waals surface area (Å²) in [5.74, 6) is 0. The first-order valence-electron chi connectivity index (χ1n) is 6.09. The molecule has 1 aliphatic carbocycles. The van der Waals surface area contributed by atoms with Crippen LogP contribution in [0.5, 0.6) is 0 Å². The van der Waals surface area contributed by atoms with Crippen molar-refractivity contribution < 1.29 is 5.11 Å². The lowest BCUT2D eigenvalue weighted by molar-refractivity contribution is 0.000444. The molecule has 94 valence electrons. The van der Waals surface area contributed by atoms with Crippen molar-refractivity contribution >= 4 is 12.4 Å². The van der Waals surface area contributed by atoms with Gasteiger partial charge >= 0.3 is 0 Å². The van der Waals surface area contributed by atoms with E-state index in [1.54, 1.807) is 0 Å². The lowest BCUT2D eigenvalue weighted by Crippen LogP contribution is -2.52. The molecule has 1 N–H and O–H groups in total. The fourth-order valence-electron chi connectivity index (χ4n) is 3.42. The van der Waals surface area contributed by atoms with Crippen molar-refractivity contribution in [3.05, 3.63) is 35.4 Å². The first-order chi connectivity index (χ1) is 7.62. The smallest absolute Gasteiger partial charge is 0.0948 e. The van der Waals surface area contributed by atoms with E-state index in [0.29, 0.717) is 6.04 Å². The third-order valence-electron chi connectivity index (χ3n) is 4.54. The zero-order chi connectivity index (χ0) is 11.3. The molecule has 3 heteroatoms. The Kier molecular flexibility index (Phi) is 3.23. The second-order valence-electron chi connectivity index (χ2n) is 5.59. The first-order valence-corrected chi connectivity index (χ1v) is 6.09. The van der Waals surface area contributed by atoms with Gasteiger partial charge in [-0.1, -0.05) is 31.2 Å². The number of aliphatic hydroxyl groups excluding tert-OH is 1. The fraction of sp³-hybridized carbons (Fsp3) is 0.571. The van der Waals surface area contributed by atoms with Gasteiger partial charge in [0.15, 0.2) is 0 Å². The minimum absolute atomic E-state index is 0. The molecule has 0 aromatic heterocycles. The van der Waals surface area contributed by atoms with E-state index in [2.05, 4.69) is 37.1 Å². The zero-order valence-electron chi connectivity index (χ0n) is 10.4. The molecule has 2 aliphatic rings. The molecule has 1 heterocycles. The fourth-order valence-corrected chi connectivity index (χ4v) is 3.42. The molecule has 0 amide bonds. The van der Waals surface area contributed by atoms with Gasteiger partial charge in [0, 0.05) is 6.04 Å². The van der Waals surface area contributed by atoms with Crippen LogP contribution in [0.4, 0.5) is 0 Å². The molecule has 2 nitrogen and oxygen atoms in total. The molecule has 0 saturated carbocycles. The summed E-state index contributed by atoms with van der Waals surface area (Å²) in [7, 11) is 2.13. The summed E-state index contributed by atoms with van der Waals surface area (Å²) in [5, 5.41) is 10.4. The van der Waals surface area contributed by atoms with Crippen molar-refractivity contribution in [1.82, 2.24) is 4.90 Å². The van der Waals surface area contributed by atoms with E-state index in [9.17, 15) is 5.11 Å². The van der Waals surface area contributed by atoms with Crippen LogP contribution >= 0.6 is 12.4 Å². The van der Waals surface area contributed by atoms with Gasteiger partial charge in [-0.25, -0.2) is 0 Å². The number of aliphatic hydroxyl groups is 1. The quantitative estimate of drug-likeness (QED) is 0.768. The van der Waals surface area contributed by atoms with Gasteiger partial charge in [0.2, 0.25) is 0 Å². The highest BCUT2D eigenvalue weighted by Crippen LogP contribution is 2.47. The molecule has 0 radical (unpaired) electrons. The lowest BCUT2D eigenvalue weighted by atomic mass is 9.64. The van der Waals surface area contributed by atoms with Gasteiger partial charge in [0.25, 0.3) is 0 Å². The minimum Gasteiger partial charge on any atom is -0.387 e. The minimum atomic E-state index is -0.311. The number of likely N-dealkylation sites (N-methyl/N-ethyl adjacent to an activating group) is 1. The van der Waals surface area contributed by atoms with Crippen LogP contribution < -0.4 is 0 Å². The van der Waals surface area contributed by atoms with E-state index in [-0.39, 0.29) is 23.9 Å². The first kappa shape index (κ1) is 12.9. The Morgan fingerprint density at radius 3 is 2.82 bits per heavy atom. The molecule has 1 aromatic carbocycles. The maximum absolute atomic E-state index is 10.4. The molecule has 17 heavy (non-hydrogen) atoms. The highest BCUT2D eigenvalue weighted by Gasteiger charge is 2.45. The highest BCUT2D eigenvalue weighted by molar-refractivity contribution is 5.85. The van der Waals surface area contributed by atoms with E-state index in [0.717, 1.165) is 18.5 Å². The second-order valence-corrected chi connectivity index (χ2v) is 5.59. The van der Waals surface area contributed by atoms with Crippen LogP contribution in [0.15, 0.2) is 24.3 Å². The van der Waals surface area contributed by atoms with Gasteiger partial charge in [-0.2, -0.15) is 0 Å². The maximum atomic E-state index is 10.4. The molecular weight excluding hydrogens is 234 g/mol. The molecule has 1 aromatic rings. The van der Waals surface area contributed by atoms with Crippen molar-refractivity contribution in [2.24, 2.45) is 0 Å². The van der Waals surface area contributed by atoms with Crippen molar-refractivity contribution in [3.63, 3.8) is 0 Å². The van der Waals surface area contributed by atoms with Crippen LogP contribution in [0.1, 0.15) is 37.0 Å². The van der Waals surface area contributed by atoms with Crippen LogP contribution in [0.3, 0.4) is 0 Å². The molecule has 3 unspecified atom stereocenters. The van der Waals surface area contributed by atoms with E-state index in [1.165, 1.54) is 12.0 Å². The molecular formula is C14H20ClNO. The number of fused-ring (bicyclic) bond motifs is 4. The summed E-state index contributed by atoms with van der Waals surface area (Å²) in [6, 6.07) is 8.71. The van der Waals surface area contributed by atoms with E-state index in [4.69, 9.17) is 0 Å². The number of hydrogen-bond donors (Lipinski definition) is 1. The largest absolute Gasteiger partial charge is 0.387 e. The summed E-state index contributed by atoms with van der Waals surface area (Å²) in [6.07, 6.45) is 1.97. The summed E-state index contributed by atoms with van der Waals surface area (Å²) in [6.45, 7) is 3.43. The van der Waals surface area contributed by atoms with Gasteiger partial charge in [-0.3, -0.25) is 0 Å². The lowest BCUT2D eigenvalue weighted by Gasteiger charge is -2.50. The third kappa shape index (κ3) is 1.79. The molecule has 1 fully saturated rings. The summed E-state index contributed by atoms with van der Waals surface area (Å²) in [4.78, 5) is 2.31. The monoisotopic (exact) mass is 253 g/mol. The third-order valence-corrected chi connectivity index (χ3v) is 4.54. The average molecular weight is 254 g/mol. The van der Waals surface area contributed by atoms with Gasteiger partial charge in [-0.05, 0) is 43.0 Å². The Hall–Kier alpha value is -0.570. The highest BCUT2D eigenvalue weighted by atomic mass is 35.5. The Labute approximate surface area is 109 Å². The topological polar surface area (TPSA) is 23.5 Å². The Balaban J connectivity index is 0.00000108. The van der Waals surface area contributed by atoms with Crippen molar-refractivity contribution in [2.75, 3.05) is 13.6 Å². The average Bonchev–Trinajstić information content (AvgIpc) is 2.31. The summed E-state index contributed by atoms with van der Waals surface area (Å²) in [5.41, 5.74) is 2.78. The zero-order valence-corrected chi connectivity index (χ0v) is 11.2. The van der Waals surface area contributed by atoms with Crippen LogP contribution in [0.2, 0.25) is 0 Å². The Morgan fingerprint density at radius 2 is 2.06 bits per heavy atom. The molecule has 2 bridgehead atoms. The van der Waals surface area contributed by atoms with Gasteiger partial charge in [-0.15, -0.1) is 12.4 Å². The number of likely N-dealkylation sites (tertiary alicyclic amines) is 1. The van der Waals surface area contributed by atoms with Crippen LogP contribution in [0.25, 0.3) is 0 Å². The SMILES string of the molecule is CN1CCC2(C)CC1C(O)c1ccccc12.Cl. The number of hydrogen-bond acceptors (Lipinski definition) is 2. The number of halogens is 1. The molecule has 0 spiro atoms. The standard InChI is InChI=1S/C14H19NO.ClH/c1-14-7-8-15(2)12(9-14)13(16)10-5-3-4-6-11(10)14;/h3-6,12-13,16H,7-9H2,1-2H3;1H. The predicted molar refractivity (Wildman–Crippen MR) is 71.7 cm³/mol. The number of rotatable bonds is 0. The molecule has 1 aliphatic heterocycles. The molecule has 1 saturated heterocycles. The van der Waals surface area contributed by atoms with E-state index >= 15 is 0 Å². The van der Waals surface area contributed by atoms with E-state index in [1.807, 2.05) is 6.07 Å². The van der Waals surface area contributed by atoms with Gasteiger partial charge in [0.1, 0.15) is 0 Å². The maximum Gasteiger partial charge on any atom is 0.0948 e. The van der Waals surface area contributed by atoms with Crippen LogP contribution in [-0.2, 0) is 5.41 Å². The van der Waals surface area contributed by atoms with Crippen molar-refractivity contribution in [3.8, 4) is 0 Å². The van der Waals surface area contributed by atoms with Crippen molar-refractivity contribution in [2.45, 2.75) is 37.3 Å². The normalized spacial score (nSPS) is 35.9. The van der Waals surface area contributed by atoms with Gasteiger partial charge < -0.3 is 10.0 Å². The number of benzene rings is 1. The van der Waals surface area contributed by atoms with Crippen LogP contribution in [0, 0.1) is 0 Å².